The van der Waals surface area contributed by atoms with Crippen molar-refractivity contribution >= 4 is 40.2 Å². The number of hydrogen-bond acceptors (Lipinski definition) is 4. The number of imidazole rings is 1. The van der Waals surface area contributed by atoms with Crippen LogP contribution in [0.3, 0.4) is 0 Å². The van der Waals surface area contributed by atoms with Gasteiger partial charge >= 0.3 is 6.18 Å². The molecule has 1 fully saturated rings. The van der Waals surface area contributed by atoms with E-state index in [1.807, 2.05) is 29.7 Å². The first-order chi connectivity index (χ1) is 17.6. The summed E-state index contributed by atoms with van der Waals surface area (Å²) in [6.45, 7) is 5.28. The van der Waals surface area contributed by atoms with Crippen LogP contribution in [0.1, 0.15) is 21.5 Å². The molecule has 1 aliphatic rings. The molecule has 4 aromatic rings. The Kier molecular flexibility index (Phi) is 6.59. The molecule has 1 aliphatic heterocycles. The van der Waals surface area contributed by atoms with Crippen LogP contribution >= 0.6 is 11.6 Å². The summed E-state index contributed by atoms with van der Waals surface area (Å²) in [5.41, 5.74) is 2.06. The average molecular weight is 528 g/mol. The highest BCUT2D eigenvalue weighted by atomic mass is 35.5. The Labute approximate surface area is 217 Å². The van der Waals surface area contributed by atoms with Crippen LogP contribution in [0.15, 0.2) is 60.7 Å². The maximum Gasteiger partial charge on any atom is 0.417 e. The van der Waals surface area contributed by atoms with Gasteiger partial charge in [-0.1, -0.05) is 29.8 Å². The van der Waals surface area contributed by atoms with Gasteiger partial charge in [0.2, 0.25) is 5.95 Å². The Hall–Kier alpha value is -3.56. The van der Waals surface area contributed by atoms with Crippen molar-refractivity contribution in [3.63, 3.8) is 0 Å². The summed E-state index contributed by atoms with van der Waals surface area (Å²) in [4.78, 5) is 22.2. The number of amides is 1. The molecule has 0 aliphatic carbocycles. The van der Waals surface area contributed by atoms with E-state index in [2.05, 4.69) is 22.2 Å². The lowest BCUT2D eigenvalue weighted by atomic mass is 10.1. The number of piperazine rings is 1. The van der Waals surface area contributed by atoms with Gasteiger partial charge in [-0.3, -0.25) is 9.36 Å². The van der Waals surface area contributed by atoms with Gasteiger partial charge in [0.05, 0.1) is 27.8 Å². The number of halogens is 4. The third-order valence-corrected chi connectivity index (χ3v) is 7.05. The number of benzene rings is 3. The van der Waals surface area contributed by atoms with Gasteiger partial charge in [0, 0.05) is 36.9 Å². The second-order valence-corrected chi connectivity index (χ2v) is 9.53. The summed E-state index contributed by atoms with van der Waals surface area (Å²) < 4.78 is 42.4. The number of likely N-dealkylation sites (N-methyl/N-ethyl adjacent to an activating group) is 1. The molecule has 0 atom stereocenters. The Balaban J connectivity index is 1.59. The summed E-state index contributed by atoms with van der Waals surface area (Å²) in [5.74, 6) is -0.0871. The second kappa shape index (κ2) is 9.72. The molecule has 0 radical (unpaired) electrons. The van der Waals surface area contributed by atoms with Crippen LogP contribution < -0.4 is 10.2 Å². The molecule has 1 amide bonds. The minimum Gasteiger partial charge on any atom is -0.339 e. The Morgan fingerprint density at radius 1 is 1.00 bits per heavy atom. The van der Waals surface area contributed by atoms with E-state index < -0.39 is 23.2 Å². The fraction of sp³-hybridized carbons (Fsp3) is 0.259. The molecule has 0 saturated carbocycles. The molecule has 5 rings (SSSR count). The van der Waals surface area contributed by atoms with Gasteiger partial charge in [0.25, 0.3) is 5.91 Å². The highest BCUT2D eigenvalue weighted by molar-refractivity contribution is 6.31. The number of fused-ring (bicyclic) bond motifs is 1. The zero-order valence-electron chi connectivity index (χ0n) is 20.3. The van der Waals surface area contributed by atoms with Crippen molar-refractivity contribution in [2.75, 3.05) is 43.4 Å². The quantitative estimate of drug-likeness (QED) is 0.353. The first kappa shape index (κ1) is 25.1. The maximum atomic E-state index is 13.5. The third-order valence-electron chi connectivity index (χ3n) is 6.64. The SMILES string of the molecule is Cc1c(Cl)cccc1-n1c(N2CCN(C)CC2)nc2ccc(NC(=O)c3ccccc3C(F)(F)F)cc21. The van der Waals surface area contributed by atoms with E-state index in [1.165, 1.54) is 18.2 Å². The van der Waals surface area contributed by atoms with Crippen molar-refractivity contribution in [1.29, 1.82) is 0 Å². The highest BCUT2D eigenvalue weighted by Gasteiger charge is 2.35. The number of carbonyl (C=O) groups is 1. The van der Waals surface area contributed by atoms with E-state index in [1.54, 1.807) is 18.2 Å². The molecule has 0 bridgehead atoms. The standard InChI is InChI=1S/C27H25ClF3N5O/c1-17-21(28)8-5-9-23(17)36-24-16-18(32-25(37)19-6-3-4-7-20(19)27(29,30)31)10-11-22(24)33-26(36)35-14-12-34(2)13-15-35/h3-11,16H,12-15H2,1-2H3,(H,32,37). The molecule has 2 heterocycles. The minimum absolute atomic E-state index is 0.361. The van der Waals surface area contributed by atoms with Crippen LogP contribution in [0, 0.1) is 6.92 Å². The Bertz CT molecular complexity index is 1470. The molecule has 37 heavy (non-hydrogen) atoms. The molecule has 0 spiro atoms. The van der Waals surface area contributed by atoms with Crippen LogP contribution in [-0.2, 0) is 6.18 Å². The second-order valence-electron chi connectivity index (χ2n) is 9.12. The van der Waals surface area contributed by atoms with Crippen molar-refractivity contribution < 1.29 is 18.0 Å². The molecule has 1 aromatic heterocycles. The summed E-state index contributed by atoms with van der Waals surface area (Å²) in [6.07, 6.45) is -4.64. The lowest BCUT2D eigenvalue weighted by molar-refractivity contribution is -0.137. The Morgan fingerprint density at radius 3 is 2.46 bits per heavy atom. The topological polar surface area (TPSA) is 53.4 Å². The smallest absolute Gasteiger partial charge is 0.339 e. The summed E-state index contributed by atoms with van der Waals surface area (Å²) >= 11 is 6.46. The predicted molar refractivity (Wildman–Crippen MR) is 140 cm³/mol. The molecule has 1 saturated heterocycles. The Morgan fingerprint density at radius 2 is 1.73 bits per heavy atom. The molecule has 3 aromatic carbocycles. The number of anilines is 2. The zero-order chi connectivity index (χ0) is 26.3. The van der Waals surface area contributed by atoms with E-state index >= 15 is 0 Å². The lowest BCUT2D eigenvalue weighted by Gasteiger charge is -2.33. The molecule has 10 heteroatoms. The van der Waals surface area contributed by atoms with E-state index in [4.69, 9.17) is 16.6 Å². The fourth-order valence-corrected chi connectivity index (χ4v) is 4.73. The van der Waals surface area contributed by atoms with Crippen molar-refractivity contribution in [2.24, 2.45) is 0 Å². The molecule has 6 nitrogen and oxygen atoms in total. The third kappa shape index (κ3) is 4.89. The van der Waals surface area contributed by atoms with Gasteiger partial charge in [-0.05, 0) is 62.0 Å². The van der Waals surface area contributed by atoms with E-state index in [0.717, 1.165) is 49.4 Å². The van der Waals surface area contributed by atoms with E-state index in [-0.39, 0.29) is 0 Å². The fourth-order valence-electron chi connectivity index (χ4n) is 4.56. The number of nitrogens with zero attached hydrogens (tertiary/aromatic N) is 4. The number of carbonyl (C=O) groups excluding carboxylic acids is 1. The van der Waals surface area contributed by atoms with Crippen LogP contribution in [0.4, 0.5) is 24.8 Å². The minimum atomic E-state index is -4.64. The number of nitrogens with one attached hydrogen (secondary N) is 1. The first-order valence-corrected chi connectivity index (χ1v) is 12.2. The van der Waals surface area contributed by atoms with Gasteiger partial charge in [-0.2, -0.15) is 13.2 Å². The number of rotatable bonds is 4. The van der Waals surface area contributed by atoms with Crippen molar-refractivity contribution in [2.45, 2.75) is 13.1 Å². The first-order valence-electron chi connectivity index (χ1n) is 11.8. The highest BCUT2D eigenvalue weighted by Crippen LogP contribution is 2.34. The molecular formula is C27H25ClF3N5O. The van der Waals surface area contributed by atoms with Gasteiger partial charge < -0.3 is 15.1 Å². The van der Waals surface area contributed by atoms with Gasteiger partial charge in [-0.15, -0.1) is 0 Å². The molecule has 0 unspecified atom stereocenters. The molecular weight excluding hydrogens is 503 g/mol. The van der Waals surface area contributed by atoms with Crippen LogP contribution in [0.25, 0.3) is 16.7 Å². The summed E-state index contributed by atoms with van der Waals surface area (Å²) in [6, 6.07) is 15.5. The van der Waals surface area contributed by atoms with Crippen LogP contribution in [0.2, 0.25) is 5.02 Å². The lowest BCUT2D eigenvalue weighted by Crippen LogP contribution is -2.45. The van der Waals surface area contributed by atoms with Crippen molar-refractivity contribution in [1.82, 2.24) is 14.5 Å². The normalized spacial score (nSPS) is 14.8. The van der Waals surface area contributed by atoms with E-state index in [9.17, 15) is 18.0 Å². The summed E-state index contributed by atoms with van der Waals surface area (Å²) in [5, 5.41) is 3.24. The van der Waals surface area contributed by atoms with Crippen molar-refractivity contribution in [3.05, 3.63) is 82.4 Å². The number of alkyl halides is 3. The van der Waals surface area contributed by atoms with Crippen molar-refractivity contribution in [3.8, 4) is 5.69 Å². The van der Waals surface area contributed by atoms with Gasteiger partial charge in [0.15, 0.2) is 0 Å². The molecule has 1 N–H and O–H groups in total. The van der Waals surface area contributed by atoms with Gasteiger partial charge in [0.1, 0.15) is 0 Å². The zero-order valence-corrected chi connectivity index (χ0v) is 21.1. The maximum absolute atomic E-state index is 13.5. The van der Waals surface area contributed by atoms with Gasteiger partial charge in [-0.25, -0.2) is 4.98 Å². The summed E-state index contributed by atoms with van der Waals surface area (Å²) in [7, 11) is 2.08. The van der Waals surface area contributed by atoms with Crippen LogP contribution in [-0.4, -0.2) is 53.6 Å². The van der Waals surface area contributed by atoms with Crippen LogP contribution in [0.5, 0.6) is 0 Å². The largest absolute Gasteiger partial charge is 0.417 e. The number of hydrogen-bond donors (Lipinski definition) is 1. The number of aromatic nitrogens is 2. The monoisotopic (exact) mass is 527 g/mol. The average Bonchev–Trinajstić information content (AvgIpc) is 3.24. The predicted octanol–water partition coefficient (Wildman–Crippen LogP) is 6.01. The molecule has 192 valence electrons. The van der Waals surface area contributed by atoms with E-state index in [0.29, 0.717) is 21.7 Å².